The molecular weight excluding hydrogens is 346 g/mol. The second-order valence-electron chi connectivity index (χ2n) is 7.66. The van der Waals surface area contributed by atoms with Crippen LogP contribution in [0.15, 0.2) is 42.7 Å². The Balaban J connectivity index is 1.94. The molecule has 0 saturated heterocycles. The summed E-state index contributed by atoms with van der Waals surface area (Å²) >= 11 is 0. The highest BCUT2D eigenvalue weighted by Crippen LogP contribution is 2.36. The third kappa shape index (κ3) is 7.53. The van der Waals surface area contributed by atoms with Crippen molar-refractivity contribution in [1.82, 2.24) is 4.98 Å². The molecular formula is C25H37NO2. The summed E-state index contributed by atoms with van der Waals surface area (Å²) in [5, 5.41) is 0. The Morgan fingerprint density at radius 3 is 2.32 bits per heavy atom. The summed E-state index contributed by atoms with van der Waals surface area (Å²) < 4.78 is 12.2. The predicted molar refractivity (Wildman–Crippen MR) is 118 cm³/mol. The molecule has 3 heteroatoms. The van der Waals surface area contributed by atoms with Crippen LogP contribution < -0.4 is 9.47 Å². The van der Waals surface area contributed by atoms with Crippen molar-refractivity contribution >= 4 is 0 Å². The Morgan fingerprint density at radius 2 is 1.54 bits per heavy atom. The van der Waals surface area contributed by atoms with Crippen molar-refractivity contribution in [3.8, 4) is 22.6 Å². The summed E-state index contributed by atoms with van der Waals surface area (Å²) in [7, 11) is 0. The molecule has 1 heterocycles. The van der Waals surface area contributed by atoms with E-state index in [9.17, 15) is 0 Å². The fourth-order valence-corrected chi connectivity index (χ4v) is 3.12. The van der Waals surface area contributed by atoms with Crippen molar-refractivity contribution < 1.29 is 9.47 Å². The van der Waals surface area contributed by atoms with Gasteiger partial charge in [0.05, 0.1) is 19.4 Å². The second kappa shape index (κ2) is 13.2. The molecule has 1 atom stereocenters. The maximum atomic E-state index is 6.15. The van der Waals surface area contributed by atoms with Crippen LogP contribution in [-0.2, 0) is 0 Å². The zero-order valence-corrected chi connectivity index (χ0v) is 18.0. The van der Waals surface area contributed by atoms with Crippen molar-refractivity contribution in [3.05, 3.63) is 42.7 Å². The SMILES string of the molecule is CCCCCCCCCOc1ccccc1-c1ccncc1OCC(C)CC. The van der Waals surface area contributed by atoms with Crippen molar-refractivity contribution in [1.29, 1.82) is 0 Å². The van der Waals surface area contributed by atoms with Gasteiger partial charge in [0.15, 0.2) is 0 Å². The van der Waals surface area contributed by atoms with Gasteiger partial charge in [0, 0.05) is 17.3 Å². The number of nitrogens with zero attached hydrogens (tertiary/aromatic N) is 1. The fourth-order valence-electron chi connectivity index (χ4n) is 3.12. The molecule has 0 aliphatic rings. The van der Waals surface area contributed by atoms with E-state index in [1.54, 1.807) is 0 Å². The van der Waals surface area contributed by atoms with Gasteiger partial charge in [-0.25, -0.2) is 0 Å². The lowest BCUT2D eigenvalue weighted by Gasteiger charge is -2.16. The summed E-state index contributed by atoms with van der Waals surface area (Å²) in [5.41, 5.74) is 2.13. The lowest BCUT2D eigenvalue weighted by molar-refractivity contribution is 0.256. The number of benzene rings is 1. The molecule has 0 spiro atoms. The number of para-hydroxylation sites is 1. The average Bonchev–Trinajstić information content (AvgIpc) is 2.74. The van der Waals surface area contributed by atoms with E-state index < -0.39 is 0 Å². The average molecular weight is 384 g/mol. The minimum absolute atomic E-state index is 0.525. The topological polar surface area (TPSA) is 31.4 Å². The monoisotopic (exact) mass is 383 g/mol. The van der Waals surface area contributed by atoms with Crippen molar-refractivity contribution in [2.75, 3.05) is 13.2 Å². The maximum absolute atomic E-state index is 6.15. The van der Waals surface area contributed by atoms with E-state index in [2.05, 4.69) is 44.0 Å². The van der Waals surface area contributed by atoms with Crippen molar-refractivity contribution in [3.63, 3.8) is 0 Å². The molecule has 0 N–H and O–H groups in total. The van der Waals surface area contributed by atoms with E-state index in [1.807, 2.05) is 24.5 Å². The maximum Gasteiger partial charge on any atom is 0.145 e. The van der Waals surface area contributed by atoms with E-state index in [-0.39, 0.29) is 0 Å². The highest BCUT2D eigenvalue weighted by Gasteiger charge is 2.12. The molecule has 0 aliphatic heterocycles. The van der Waals surface area contributed by atoms with E-state index in [0.29, 0.717) is 12.5 Å². The second-order valence-corrected chi connectivity index (χ2v) is 7.66. The van der Waals surface area contributed by atoms with Gasteiger partial charge in [0.25, 0.3) is 0 Å². The molecule has 0 fully saturated rings. The first-order valence-corrected chi connectivity index (χ1v) is 11.0. The summed E-state index contributed by atoms with van der Waals surface area (Å²) in [6, 6.07) is 10.3. The summed E-state index contributed by atoms with van der Waals surface area (Å²) in [6.45, 7) is 8.12. The Hall–Kier alpha value is -2.03. The molecule has 0 bridgehead atoms. The van der Waals surface area contributed by atoms with Gasteiger partial charge in [-0.05, 0) is 24.5 Å². The predicted octanol–water partition coefficient (Wildman–Crippen LogP) is 7.30. The van der Waals surface area contributed by atoms with E-state index in [1.165, 1.54) is 38.5 Å². The molecule has 1 aromatic carbocycles. The third-order valence-corrected chi connectivity index (χ3v) is 5.19. The van der Waals surface area contributed by atoms with Gasteiger partial charge in [0.1, 0.15) is 11.5 Å². The molecule has 0 saturated carbocycles. The van der Waals surface area contributed by atoms with Crippen molar-refractivity contribution in [2.45, 2.75) is 72.1 Å². The van der Waals surface area contributed by atoms with E-state index in [0.717, 1.165) is 42.1 Å². The van der Waals surface area contributed by atoms with Gasteiger partial charge >= 0.3 is 0 Å². The quantitative estimate of drug-likeness (QED) is 0.321. The smallest absolute Gasteiger partial charge is 0.145 e. The zero-order valence-electron chi connectivity index (χ0n) is 18.0. The van der Waals surface area contributed by atoms with Gasteiger partial charge in [0.2, 0.25) is 0 Å². The van der Waals surface area contributed by atoms with Crippen LogP contribution >= 0.6 is 0 Å². The molecule has 154 valence electrons. The number of pyridine rings is 1. The normalized spacial score (nSPS) is 12.0. The standard InChI is InChI=1S/C25H37NO2/c1-4-6-7-8-9-10-13-18-27-24-15-12-11-14-22(24)23-16-17-26-19-25(23)28-20-21(3)5-2/h11-12,14-17,19,21H,4-10,13,18,20H2,1-3H3. The van der Waals surface area contributed by atoms with Gasteiger partial charge in [-0.1, -0.05) is 83.9 Å². The first-order valence-electron chi connectivity index (χ1n) is 11.0. The molecule has 28 heavy (non-hydrogen) atoms. The van der Waals surface area contributed by atoms with Crippen LogP contribution in [0.1, 0.15) is 72.1 Å². The van der Waals surface area contributed by atoms with E-state index in [4.69, 9.17) is 9.47 Å². The number of ether oxygens (including phenoxy) is 2. The van der Waals surface area contributed by atoms with Crippen LogP contribution in [0.5, 0.6) is 11.5 Å². The lowest BCUT2D eigenvalue weighted by Crippen LogP contribution is -2.08. The molecule has 3 nitrogen and oxygen atoms in total. The number of aromatic nitrogens is 1. The zero-order chi connectivity index (χ0) is 20.0. The van der Waals surface area contributed by atoms with Gasteiger partial charge in [-0.2, -0.15) is 0 Å². The summed E-state index contributed by atoms with van der Waals surface area (Å²) in [5.74, 6) is 2.28. The first-order chi connectivity index (χ1) is 13.8. The number of hydrogen-bond donors (Lipinski definition) is 0. The largest absolute Gasteiger partial charge is 0.493 e. The summed E-state index contributed by atoms with van der Waals surface area (Å²) in [6.07, 6.45) is 13.8. The first kappa shape index (κ1) is 22.3. The molecule has 0 aliphatic carbocycles. The van der Waals surface area contributed by atoms with Gasteiger partial charge < -0.3 is 9.47 Å². The Bertz CT molecular complexity index is 671. The third-order valence-electron chi connectivity index (χ3n) is 5.19. The molecule has 1 aromatic heterocycles. The van der Waals surface area contributed by atoms with Crippen LogP contribution in [0.2, 0.25) is 0 Å². The molecule has 2 rings (SSSR count). The molecule has 2 aromatic rings. The number of hydrogen-bond acceptors (Lipinski definition) is 3. The van der Waals surface area contributed by atoms with Crippen LogP contribution in [0.3, 0.4) is 0 Å². The molecule has 1 unspecified atom stereocenters. The number of rotatable bonds is 14. The number of unbranched alkanes of at least 4 members (excludes halogenated alkanes) is 6. The molecule has 0 amide bonds. The van der Waals surface area contributed by atoms with Crippen LogP contribution in [-0.4, -0.2) is 18.2 Å². The summed E-state index contributed by atoms with van der Waals surface area (Å²) in [4.78, 5) is 4.26. The van der Waals surface area contributed by atoms with Crippen molar-refractivity contribution in [2.24, 2.45) is 5.92 Å². The highest BCUT2D eigenvalue weighted by atomic mass is 16.5. The van der Waals surface area contributed by atoms with E-state index >= 15 is 0 Å². The Morgan fingerprint density at radius 1 is 0.821 bits per heavy atom. The minimum Gasteiger partial charge on any atom is -0.493 e. The highest BCUT2D eigenvalue weighted by molar-refractivity contribution is 5.75. The van der Waals surface area contributed by atoms with Crippen LogP contribution in [0.25, 0.3) is 11.1 Å². The Kier molecular flexibility index (Phi) is 10.5. The molecule has 0 radical (unpaired) electrons. The lowest BCUT2D eigenvalue weighted by atomic mass is 10.0. The fraction of sp³-hybridized carbons (Fsp3) is 0.560. The Labute approximate surface area is 171 Å². The van der Waals surface area contributed by atoms with Gasteiger partial charge in [-0.15, -0.1) is 0 Å². The minimum atomic E-state index is 0.525. The van der Waals surface area contributed by atoms with Crippen LogP contribution in [0.4, 0.5) is 0 Å². The van der Waals surface area contributed by atoms with Crippen LogP contribution in [0, 0.1) is 5.92 Å². The van der Waals surface area contributed by atoms with Gasteiger partial charge in [-0.3, -0.25) is 4.98 Å².